The van der Waals surface area contributed by atoms with Crippen LogP contribution in [-0.2, 0) is 9.59 Å². The minimum Gasteiger partial charge on any atom is -0.481 e. The van der Waals surface area contributed by atoms with Gasteiger partial charge in [-0.05, 0) is 6.92 Å². The van der Waals surface area contributed by atoms with Crippen LogP contribution in [-0.4, -0.2) is 40.8 Å². The molecule has 0 aliphatic rings. The van der Waals surface area contributed by atoms with E-state index in [0.717, 1.165) is 0 Å². The number of amides is 1. The number of nitrogens with one attached hydrogen (secondary N) is 1. The molecule has 0 saturated carbocycles. The molecule has 6 nitrogen and oxygen atoms in total. The van der Waals surface area contributed by atoms with Crippen molar-refractivity contribution in [1.29, 1.82) is 0 Å². The summed E-state index contributed by atoms with van der Waals surface area (Å²) >= 11 is 0. The van der Waals surface area contributed by atoms with Crippen molar-refractivity contribution in [2.75, 3.05) is 6.54 Å². The Morgan fingerprint density at radius 2 is 1.93 bits per heavy atom. The molecule has 6 heteroatoms. The zero-order chi connectivity index (χ0) is 11.3. The molecule has 0 aromatic heterocycles. The fourth-order valence-corrected chi connectivity index (χ4v) is 0.789. The quantitative estimate of drug-likeness (QED) is 0.422. The molecule has 0 bridgehead atoms. The Bertz CT molecular complexity index is 219. The van der Waals surface area contributed by atoms with Crippen molar-refractivity contribution in [3.05, 3.63) is 0 Å². The summed E-state index contributed by atoms with van der Waals surface area (Å²) in [5, 5.41) is 20.4. The molecule has 0 radical (unpaired) electrons. The van der Waals surface area contributed by atoms with E-state index < -0.39 is 23.9 Å². The first-order chi connectivity index (χ1) is 6.36. The summed E-state index contributed by atoms with van der Waals surface area (Å²) in [5.41, 5.74) is 4.81. The van der Waals surface area contributed by atoms with Gasteiger partial charge in [-0.15, -0.1) is 0 Å². The molecule has 5 N–H and O–H groups in total. The predicted molar refractivity (Wildman–Crippen MR) is 49.5 cm³/mol. The minimum absolute atomic E-state index is 0.0336. The molecule has 14 heavy (non-hydrogen) atoms. The van der Waals surface area contributed by atoms with Crippen molar-refractivity contribution in [2.45, 2.75) is 26.0 Å². The minimum atomic E-state index is -1.28. The van der Waals surface area contributed by atoms with E-state index in [1.54, 1.807) is 6.92 Å². The lowest BCUT2D eigenvalue weighted by Crippen LogP contribution is -2.44. The Balaban J connectivity index is 3.90. The first kappa shape index (κ1) is 12.9. The van der Waals surface area contributed by atoms with Gasteiger partial charge in [-0.25, -0.2) is 0 Å². The molecular formula is C8H16N2O4. The van der Waals surface area contributed by atoms with E-state index >= 15 is 0 Å². The highest BCUT2D eigenvalue weighted by atomic mass is 16.4. The maximum absolute atomic E-state index is 10.5. The molecule has 0 aromatic rings. The number of carbonyl (C=O) groups is 2. The monoisotopic (exact) mass is 204 g/mol. The molecule has 0 saturated heterocycles. The highest BCUT2D eigenvalue weighted by Gasteiger charge is 2.20. The topological polar surface area (TPSA) is 113 Å². The molecule has 3 unspecified atom stereocenters. The van der Waals surface area contributed by atoms with Gasteiger partial charge in [0.05, 0.1) is 5.92 Å². The zero-order valence-electron chi connectivity index (χ0n) is 8.23. The van der Waals surface area contributed by atoms with Gasteiger partial charge in [0.1, 0.15) is 6.10 Å². The molecule has 1 amide bonds. The largest absolute Gasteiger partial charge is 0.481 e. The lowest BCUT2D eigenvalue weighted by molar-refractivity contribution is -0.141. The van der Waals surface area contributed by atoms with E-state index in [1.165, 1.54) is 6.92 Å². The molecule has 0 rings (SSSR count). The van der Waals surface area contributed by atoms with Gasteiger partial charge in [0.25, 0.3) is 0 Å². The standard InChI is InChI=1S/C8H16N2O4/c1-4(8(13)14)5(2)10-3-6(11)7(9)12/h4-6,10-11H,3H2,1-2H3,(H2,9,12)(H,13,14). The van der Waals surface area contributed by atoms with Gasteiger partial charge in [-0.1, -0.05) is 6.92 Å². The van der Waals surface area contributed by atoms with Crippen molar-refractivity contribution in [3.63, 3.8) is 0 Å². The van der Waals surface area contributed by atoms with Crippen molar-refractivity contribution in [3.8, 4) is 0 Å². The SMILES string of the molecule is CC(NCC(O)C(N)=O)C(C)C(=O)O. The number of aliphatic hydroxyl groups excluding tert-OH is 1. The van der Waals surface area contributed by atoms with Crippen LogP contribution in [0.2, 0.25) is 0 Å². The number of carboxylic acid groups (broad SMARTS) is 1. The average molecular weight is 204 g/mol. The van der Waals surface area contributed by atoms with Crippen LogP contribution >= 0.6 is 0 Å². The molecular weight excluding hydrogens is 188 g/mol. The van der Waals surface area contributed by atoms with Crippen LogP contribution in [0.1, 0.15) is 13.8 Å². The van der Waals surface area contributed by atoms with Crippen LogP contribution in [0, 0.1) is 5.92 Å². The Morgan fingerprint density at radius 3 is 2.29 bits per heavy atom. The van der Waals surface area contributed by atoms with Gasteiger partial charge in [0.15, 0.2) is 0 Å². The highest BCUT2D eigenvalue weighted by Crippen LogP contribution is 2.01. The molecule has 0 heterocycles. The number of carbonyl (C=O) groups excluding carboxylic acids is 1. The van der Waals surface area contributed by atoms with Crippen LogP contribution in [0.4, 0.5) is 0 Å². The number of rotatable bonds is 6. The maximum atomic E-state index is 10.5. The number of aliphatic carboxylic acids is 1. The van der Waals surface area contributed by atoms with Crippen molar-refractivity contribution in [1.82, 2.24) is 5.32 Å². The number of hydrogen-bond donors (Lipinski definition) is 4. The van der Waals surface area contributed by atoms with E-state index in [4.69, 9.17) is 15.9 Å². The number of hydrogen-bond acceptors (Lipinski definition) is 4. The lowest BCUT2D eigenvalue weighted by atomic mass is 10.0. The summed E-state index contributed by atoms with van der Waals surface area (Å²) in [5.74, 6) is -2.35. The van der Waals surface area contributed by atoms with E-state index in [2.05, 4.69) is 5.32 Å². The molecule has 0 spiro atoms. The summed E-state index contributed by atoms with van der Waals surface area (Å²) in [6, 6.07) is -0.332. The second kappa shape index (κ2) is 5.56. The Hall–Kier alpha value is -1.14. The zero-order valence-corrected chi connectivity index (χ0v) is 8.23. The number of primary amides is 1. The Kier molecular flexibility index (Phi) is 5.11. The summed E-state index contributed by atoms with van der Waals surface area (Å²) in [6.45, 7) is 3.16. The third-order valence-electron chi connectivity index (χ3n) is 2.10. The van der Waals surface area contributed by atoms with Crippen molar-refractivity contribution < 1.29 is 19.8 Å². The van der Waals surface area contributed by atoms with Crippen molar-refractivity contribution in [2.24, 2.45) is 11.7 Å². The predicted octanol–water partition coefficient (Wildman–Crippen LogP) is -1.47. The number of carboxylic acids is 1. The first-order valence-corrected chi connectivity index (χ1v) is 4.29. The van der Waals surface area contributed by atoms with Gasteiger partial charge in [-0.2, -0.15) is 0 Å². The smallest absolute Gasteiger partial charge is 0.307 e. The highest BCUT2D eigenvalue weighted by molar-refractivity contribution is 5.78. The van der Waals surface area contributed by atoms with Crippen LogP contribution in [0.5, 0.6) is 0 Å². The van der Waals surface area contributed by atoms with Gasteiger partial charge in [-0.3, -0.25) is 9.59 Å². The molecule has 0 aliphatic heterocycles. The Morgan fingerprint density at radius 1 is 1.43 bits per heavy atom. The van der Waals surface area contributed by atoms with E-state index in [1.807, 2.05) is 0 Å². The van der Waals surface area contributed by atoms with Crippen LogP contribution in [0.25, 0.3) is 0 Å². The van der Waals surface area contributed by atoms with Crippen LogP contribution in [0.15, 0.2) is 0 Å². The van der Waals surface area contributed by atoms with Gasteiger partial charge >= 0.3 is 5.97 Å². The molecule has 82 valence electrons. The van der Waals surface area contributed by atoms with Gasteiger partial charge in [0.2, 0.25) is 5.91 Å². The van der Waals surface area contributed by atoms with E-state index in [0.29, 0.717) is 0 Å². The molecule has 3 atom stereocenters. The second-order valence-electron chi connectivity index (χ2n) is 3.24. The third-order valence-corrected chi connectivity index (χ3v) is 2.10. The molecule has 0 fully saturated rings. The van der Waals surface area contributed by atoms with E-state index in [9.17, 15) is 9.59 Å². The molecule has 0 aliphatic carbocycles. The number of aliphatic hydroxyl groups is 1. The van der Waals surface area contributed by atoms with Crippen LogP contribution < -0.4 is 11.1 Å². The van der Waals surface area contributed by atoms with Gasteiger partial charge < -0.3 is 21.3 Å². The van der Waals surface area contributed by atoms with Crippen LogP contribution in [0.3, 0.4) is 0 Å². The third kappa shape index (κ3) is 4.20. The first-order valence-electron chi connectivity index (χ1n) is 4.29. The maximum Gasteiger partial charge on any atom is 0.307 e. The summed E-state index contributed by atoms with van der Waals surface area (Å²) in [7, 11) is 0. The van der Waals surface area contributed by atoms with Crippen molar-refractivity contribution >= 4 is 11.9 Å². The summed E-state index contributed by atoms with van der Waals surface area (Å²) < 4.78 is 0. The summed E-state index contributed by atoms with van der Waals surface area (Å²) in [6.07, 6.45) is -1.28. The Labute approximate surface area is 82.1 Å². The number of nitrogens with two attached hydrogens (primary N) is 1. The van der Waals surface area contributed by atoms with Gasteiger partial charge in [0, 0.05) is 12.6 Å². The lowest BCUT2D eigenvalue weighted by Gasteiger charge is -2.18. The molecule has 0 aromatic carbocycles. The fraction of sp³-hybridized carbons (Fsp3) is 0.750. The second-order valence-corrected chi connectivity index (χ2v) is 3.24. The van der Waals surface area contributed by atoms with E-state index in [-0.39, 0.29) is 12.6 Å². The average Bonchev–Trinajstić information content (AvgIpc) is 2.11. The fourth-order valence-electron chi connectivity index (χ4n) is 0.789. The summed E-state index contributed by atoms with van der Waals surface area (Å²) in [4.78, 5) is 21.0. The normalized spacial score (nSPS) is 17.1.